The third-order valence-corrected chi connectivity index (χ3v) is 4.76. The molecule has 0 spiro atoms. The van der Waals surface area contributed by atoms with Crippen LogP contribution < -0.4 is 10.1 Å². The minimum atomic E-state index is -0.638. The van der Waals surface area contributed by atoms with Crippen LogP contribution in [0.3, 0.4) is 0 Å². The maximum absolute atomic E-state index is 10.5. The molecule has 1 heterocycles. The summed E-state index contributed by atoms with van der Waals surface area (Å²) in [5.74, 6) is 2.25. The summed E-state index contributed by atoms with van der Waals surface area (Å²) >= 11 is 0. The zero-order valence-corrected chi connectivity index (χ0v) is 15.8. The van der Waals surface area contributed by atoms with Crippen molar-refractivity contribution < 1.29 is 14.3 Å². The number of ether oxygens (including phenoxy) is 1. The van der Waals surface area contributed by atoms with E-state index >= 15 is 0 Å². The summed E-state index contributed by atoms with van der Waals surface area (Å²) in [7, 11) is 0. The lowest BCUT2D eigenvalue weighted by Gasteiger charge is -2.12. The first-order valence-corrected chi connectivity index (χ1v) is 9.43. The van der Waals surface area contributed by atoms with Gasteiger partial charge in [0, 0.05) is 23.2 Å². The van der Waals surface area contributed by atoms with Gasteiger partial charge in [0.05, 0.1) is 0 Å². The molecule has 1 atom stereocenters. The molecule has 0 aliphatic rings. The molecule has 3 aromatic carbocycles. The number of aliphatic hydroxyl groups is 1. The average molecular weight is 373 g/mol. The van der Waals surface area contributed by atoms with Crippen molar-refractivity contribution in [2.75, 3.05) is 11.9 Å². The Kier molecular flexibility index (Phi) is 5.31. The van der Waals surface area contributed by atoms with Crippen LogP contribution in [0.15, 0.2) is 83.3 Å². The molecule has 4 rings (SSSR count). The molecule has 0 aliphatic carbocycles. The van der Waals surface area contributed by atoms with Gasteiger partial charge in [-0.2, -0.15) is 0 Å². The maximum atomic E-state index is 10.5. The molecule has 0 fully saturated rings. The third kappa shape index (κ3) is 4.02. The van der Waals surface area contributed by atoms with Crippen LogP contribution in [-0.2, 0) is 0 Å². The normalized spacial score (nSPS) is 12.1. The Hall–Kier alpha value is -3.24. The minimum Gasteiger partial charge on any atom is -0.458 e. The van der Waals surface area contributed by atoms with Gasteiger partial charge in [0.15, 0.2) is 0 Å². The summed E-state index contributed by atoms with van der Waals surface area (Å²) in [6.45, 7) is 2.62. The van der Waals surface area contributed by atoms with Gasteiger partial charge in [-0.3, -0.25) is 0 Å². The van der Waals surface area contributed by atoms with E-state index in [-0.39, 0.29) is 0 Å². The predicted octanol–water partition coefficient (Wildman–Crippen LogP) is 6.07. The highest BCUT2D eigenvalue weighted by Crippen LogP contribution is 2.30. The van der Waals surface area contributed by atoms with Crippen LogP contribution in [0.25, 0.3) is 11.0 Å². The van der Waals surface area contributed by atoms with E-state index < -0.39 is 6.10 Å². The molecule has 0 aliphatic heterocycles. The van der Waals surface area contributed by atoms with Gasteiger partial charge in [-0.15, -0.1) is 0 Å². The highest BCUT2D eigenvalue weighted by atomic mass is 16.5. The Labute approximate surface area is 164 Å². The number of fused-ring (bicyclic) bond motifs is 1. The van der Waals surface area contributed by atoms with Crippen LogP contribution in [0, 0.1) is 6.92 Å². The van der Waals surface area contributed by atoms with Crippen LogP contribution in [-0.4, -0.2) is 11.7 Å². The van der Waals surface area contributed by atoms with Gasteiger partial charge in [0.2, 0.25) is 0 Å². The van der Waals surface area contributed by atoms with Crippen LogP contribution >= 0.6 is 0 Å². The topological polar surface area (TPSA) is 54.6 Å². The SMILES string of the molecule is Cc1c(C(O)CCNc2ccc(Oc3ccccc3)cc2)oc2ccccc12. The average Bonchev–Trinajstić information content (AvgIpc) is 3.07. The number of nitrogens with one attached hydrogen (secondary N) is 1. The quantitative estimate of drug-likeness (QED) is 0.413. The smallest absolute Gasteiger partial charge is 0.136 e. The Morgan fingerprint density at radius 3 is 2.32 bits per heavy atom. The first kappa shape index (κ1) is 18.1. The number of benzene rings is 3. The summed E-state index contributed by atoms with van der Waals surface area (Å²) < 4.78 is 11.6. The van der Waals surface area contributed by atoms with Crippen LogP contribution in [0.4, 0.5) is 5.69 Å². The summed E-state index contributed by atoms with van der Waals surface area (Å²) in [6, 6.07) is 25.3. The molecule has 142 valence electrons. The third-order valence-electron chi connectivity index (χ3n) is 4.76. The zero-order chi connectivity index (χ0) is 19.3. The van der Waals surface area contributed by atoms with Crippen molar-refractivity contribution in [3.05, 3.63) is 90.2 Å². The number of anilines is 1. The molecular formula is C24H23NO3. The fourth-order valence-electron chi connectivity index (χ4n) is 3.26. The van der Waals surface area contributed by atoms with E-state index in [1.165, 1.54) is 0 Å². The number of furan rings is 1. The summed E-state index contributed by atoms with van der Waals surface area (Å²) in [5.41, 5.74) is 2.80. The lowest BCUT2D eigenvalue weighted by Crippen LogP contribution is -2.07. The number of aliphatic hydroxyl groups excluding tert-OH is 1. The Bertz CT molecular complexity index is 1040. The molecule has 4 aromatic rings. The molecule has 2 N–H and O–H groups in total. The van der Waals surface area contributed by atoms with Gasteiger partial charge in [-0.05, 0) is 55.8 Å². The fraction of sp³-hybridized carbons (Fsp3) is 0.167. The molecule has 28 heavy (non-hydrogen) atoms. The van der Waals surface area contributed by atoms with E-state index in [0.29, 0.717) is 18.7 Å². The molecule has 4 heteroatoms. The van der Waals surface area contributed by atoms with Crippen molar-refractivity contribution in [2.45, 2.75) is 19.4 Å². The van der Waals surface area contributed by atoms with Crippen LogP contribution in [0.1, 0.15) is 23.8 Å². The highest BCUT2D eigenvalue weighted by molar-refractivity contribution is 5.82. The molecular weight excluding hydrogens is 350 g/mol. The minimum absolute atomic E-state index is 0.558. The van der Waals surface area contributed by atoms with E-state index in [0.717, 1.165) is 33.7 Å². The van der Waals surface area contributed by atoms with E-state index in [1.807, 2.05) is 85.8 Å². The largest absolute Gasteiger partial charge is 0.458 e. The first-order chi connectivity index (χ1) is 13.7. The second-order valence-electron chi connectivity index (χ2n) is 6.76. The van der Waals surface area contributed by atoms with Gasteiger partial charge in [0.1, 0.15) is 28.9 Å². The number of hydrogen-bond acceptors (Lipinski definition) is 4. The lowest BCUT2D eigenvalue weighted by atomic mass is 10.1. The van der Waals surface area contributed by atoms with E-state index in [4.69, 9.17) is 9.15 Å². The maximum Gasteiger partial charge on any atom is 0.136 e. The standard InChI is InChI=1S/C24H23NO3/c1-17-21-9-5-6-10-23(21)28-24(17)22(26)15-16-25-18-11-13-20(14-12-18)27-19-7-3-2-4-8-19/h2-14,22,25-26H,15-16H2,1H3. The zero-order valence-electron chi connectivity index (χ0n) is 15.8. The van der Waals surface area contributed by atoms with Crippen molar-refractivity contribution in [1.82, 2.24) is 0 Å². The van der Waals surface area contributed by atoms with E-state index in [1.54, 1.807) is 0 Å². The molecule has 0 saturated carbocycles. The second-order valence-corrected chi connectivity index (χ2v) is 6.76. The summed E-state index contributed by atoms with van der Waals surface area (Å²) in [5, 5.41) is 14.9. The molecule has 1 aromatic heterocycles. The van der Waals surface area contributed by atoms with Crippen molar-refractivity contribution in [1.29, 1.82) is 0 Å². The van der Waals surface area contributed by atoms with Gasteiger partial charge in [-0.25, -0.2) is 0 Å². The van der Waals surface area contributed by atoms with Crippen LogP contribution in [0.5, 0.6) is 11.5 Å². The van der Waals surface area contributed by atoms with E-state index in [9.17, 15) is 5.11 Å². The van der Waals surface area contributed by atoms with Crippen molar-refractivity contribution in [2.24, 2.45) is 0 Å². The number of aryl methyl sites for hydroxylation is 1. The Balaban J connectivity index is 1.32. The summed E-state index contributed by atoms with van der Waals surface area (Å²) in [4.78, 5) is 0. The number of rotatable bonds is 7. The van der Waals surface area contributed by atoms with E-state index in [2.05, 4.69) is 5.32 Å². The van der Waals surface area contributed by atoms with Gasteiger partial charge in [0.25, 0.3) is 0 Å². The van der Waals surface area contributed by atoms with Gasteiger partial charge < -0.3 is 19.6 Å². The fourth-order valence-corrected chi connectivity index (χ4v) is 3.26. The van der Waals surface area contributed by atoms with Gasteiger partial charge >= 0.3 is 0 Å². The molecule has 0 bridgehead atoms. The molecule has 0 saturated heterocycles. The Morgan fingerprint density at radius 2 is 1.57 bits per heavy atom. The first-order valence-electron chi connectivity index (χ1n) is 9.43. The molecule has 4 nitrogen and oxygen atoms in total. The van der Waals surface area contributed by atoms with Gasteiger partial charge in [-0.1, -0.05) is 36.4 Å². The van der Waals surface area contributed by atoms with Crippen molar-refractivity contribution in [3.63, 3.8) is 0 Å². The number of para-hydroxylation sites is 2. The molecule has 1 unspecified atom stereocenters. The van der Waals surface area contributed by atoms with Crippen LogP contribution in [0.2, 0.25) is 0 Å². The lowest BCUT2D eigenvalue weighted by molar-refractivity contribution is 0.145. The summed E-state index contributed by atoms with van der Waals surface area (Å²) in [6.07, 6.45) is -0.0799. The monoisotopic (exact) mass is 373 g/mol. The molecule has 0 radical (unpaired) electrons. The molecule has 0 amide bonds. The van der Waals surface area contributed by atoms with Crippen molar-refractivity contribution in [3.8, 4) is 11.5 Å². The second kappa shape index (κ2) is 8.19. The predicted molar refractivity (Wildman–Crippen MR) is 112 cm³/mol. The number of hydrogen-bond donors (Lipinski definition) is 2. The Morgan fingerprint density at radius 1 is 0.893 bits per heavy atom. The highest BCUT2D eigenvalue weighted by Gasteiger charge is 2.17. The van der Waals surface area contributed by atoms with Crippen molar-refractivity contribution >= 4 is 16.7 Å².